The van der Waals surface area contributed by atoms with Crippen LogP contribution in [0.1, 0.15) is 18.4 Å². The third-order valence-electron chi connectivity index (χ3n) is 4.34. The summed E-state index contributed by atoms with van der Waals surface area (Å²) in [4.78, 5) is 26.3. The topological polar surface area (TPSA) is 93.7 Å². The van der Waals surface area contributed by atoms with E-state index in [1.165, 1.54) is 11.3 Å². The van der Waals surface area contributed by atoms with Crippen molar-refractivity contribution < 1.29 is 19.1 Å². The third kappa shape index (κ3) is 5.18. The third-order valence-corrected chi connectivity index (χ3v) is 5.41. The Bertz CT molecular complexity index is 829. The van der Waals surface area contributed by atoms with Crippen LogP contribution in [0.5, 0.6) is 5.75 Å². The molecule has 1 aromatic heterocycles. The van der Waals surface area contributed by atoms with Crippen molar-refractivity contribution in [2.75, 3.05) is 25.6 Å². The molecule has 0 radical (unpaired) electrons. The summed E-state index contributed by atoms with van der Waals surface area (Å²) in [6, 6.07) is 6.94. The zero-order valence-electron chi connectivity index (χ0n) is 15.6. The number of hydrogen-bond acceptors (Lipinski definition) is 7. The van der Waals surface area contributed by atoms with E-state index in [1.807, 2.05) is 6.92 Å². The minimum Gasteiger partial charge on any atom is -0.486 e. The smallest absolute Gasteiger partial charge is 0.231 e. The molecular weight excluding hydrogens is 404 g/mol. The van der Waals surface area contributed by atoms with E-state index < -0.39 is 5.92 Å². The summed E-state index contributed by atoms with van der Waals surface area (Å²) in [6.45, 7) is 2.95. The molecule has 0 aliphatic carbocycles. The fourth-order valence-corrected chi connectivity index (χ4v) is 3.69. The van der Waals surface area contributed by atoms with Crippen LogP contribution in [0.15, 0.2) is 24.3 Å². The molecule has 0 bridgehead atoms. The van der Waals surface area contributed by atoms with Gasteiger partial charge in [0.15, 0.2) is 5.01 Å². The van der Waals surface area contributed by atoms with Gasteiger partial charge in [-0.25, -0.2) is 0 Å². The second-order valence-corrected chi connectivity index (χ2v) is 7.98. The first-order valence-corrected chi connectivity index (χ1v) is 9.95. The van der Waals surface area contributed by atoms with Crippen LogP contribution in [0.3, 0.4) is 0 Å². The average Bonchev–Trinajstić information content (AvgIpc) is 3.28. The molecule has 2 amide bonds. The Hall–Kier alpha value is -2.23. The van der Waals surface area contributed by atoms with E-state index in [-0.39, 0.29) is 30.9 Å². The lowest BCUT2D eigenvalue weighted by Gasteiger charge is -2.23. The number of amides is 2. The van der Waals surface area contributed by atoms with Crippen LogP contribution in [0, 0.1) is 5.92 Å². The van der Waals surface area contributed by atoms with E-state index in [0.717, 1.165) is 0 Å². The molecule has 8 nitrogen and oxygen atoms in total. The molecule has 1 fully saturated rings. The summed E-state index contributed by atoms with van der Waals surface area (Å²) < 4.78 is 10.7. The van der Waals surface area contributed by atoms with E-state index in [9.17, 15) is 9.59 Å². The van der Waals surface area contributed by atoms with Gasteiger partial charge < -0.3 is 19.7 Å². The largest absolute Gasteiger partial charge is 0.486 e. The van der Waals surface area contributed by atoms with E-state index >= 15 is 0 Å². The second-order valence-electron chi connectivity index (χ2n) is 6.48. The maximum atomic E-state index is 12.5. The minimum absolute atomic E-state index is 0.0426. The van der Waals surface area contributed by atoms with Gasteiger partial charge in [0, 0.05) is 25.1 Å². The van der Waals surface area contributed by atoms with E-state index in [1.54, 1.807) is 36.3 Å². The number of methoxy groups -OCH3 is 1. The number of rotatable bonds is 8. The van der Waals surface area contributed by atoms with Crippen LogP contribution in [0.2, 0.25) is 5.02 Å². The maximum Gasteiger partial charge on any atom is 0.231 e. The lowest BCUT2D eigenvalue weighted by molar-refractivity contribution is -0.130. The molecule has 2 aromatic rings. The van der Waals surface area contributed by atoms with Gasteiger partial charge in [0.2, 0.25) is 16.9 Å². The van der Waals surface area contributed by atoms with Crippen molar-refractivity contribution in [2.45, 2.75) is 26.0 Å². The van der Waals surface area contributed by atoms with Gasteiger partial charge in [0.1, 0.15) is 12.4 Å². The van der Waals surface area contributed by atoms with Crippen LogP contribution in [0.4, 0.5) is 5.13 Å². The van der Waals surface area contributed by atoms with Gasteiger partial charge in [-0.05, 0) is 31.2 Å². The Balaban J connectivity index is 1.51. The monoisotopic (exact) mass is 424 g/mol. The number of carbonyl (C=O) groups is 2. The summed E-state index contributed by atoms with van der Waals surface area (Å²) >= 11 is 7.07. The number of aromatic nitrogens is 2. The molecule has 28 heavy (non-hydrogen) atoms. The maximum absolute atomic E-state index is 12.5. The van der Waals surface area contributed by atoms with Crippen molar-refractivity contribution in [3.8, 4) is 5.75 Å². The molecule has 2 heterocycles. The number of carbonyl (C=O) groups excluding carboxylic acids is 2. The summed E-state index contributed by atoms with van der Waals surface area (Å²) in [7, 11) is 1.59. The normalized spacial score (nSPS) is 17.6. The zero-order valence-corrected chi connectivity index (χ0v) is 17.1. The molecule has 1 saturated heterocycles. The molecular formula is C18H21ClN4O4S. The Kier molecular flexibility index (Phi) is 6.82. The first-order chi connectivity index (χ1) is 13.5. The van der Waals surface area contributed by atoms with Gasteiger partial charge in [-0.2, -0.15) is 0 Å². The highest BCUT2D eigenvalue weighted by Gasteiger charge is 2.36. The van der Waals surface area contributed by atoms with Crippen LogP contribution >= 0.6 is 22.9 Å². The van der Waals surface area contributed by atoms with Gasteiger partial charge in [-0.15, -0.1) is 10.2 Å². The SMILES string of the molecule is COC[C@H](C)N1C[C@H](C(=O)Nc2nnc(COc3ccc(Cl)cc3)s2)CC1=O. The molecule has 1 aliphatic heterocycles. The number of hydrogen-bond donors (Lipinski definition) is 1. The Morgan fingerprint density at radius 3 is 2.86 bits per heavy atom. The fourth-order valence-electron chi connectivity index (χ4n) is 2.91. The standard InChI is InChI=1S/C18H21ClN4O4S/c1-11(9-26-2)23-8-12(7-16(23)24)17(25)20-18-22-21-15(28-18)10-27-14-5-3-13(19)4-6-14/h3-6,11-12H,7-10H2,1-2H3,(H,20,22,25)/t11-,12+/m0/s1. The molecule has 0 unspecified atom stereocenters. The summed E-state index contributed by atoms with van der Waals surface area (Å²) in [5.74, 6) is -0.0230. The number of nitrogens with zero attached hydrogens (tertiary/aromatic N) is 3. The van der Waals surface area contributed by atoms with Crippen molar-refractivity contribution >= 4 is 39.9 Å². The predicted octanol–water partition coefficient (Wildman–Crippen LogP) is 2.59. The van der Waals surface area contributed by atoms with Gasteiger partial charge in [-0.1, -0.05) is 22.9 Å². The molecule has 0 spiro atoms. The van der Waals surface area contributed by atoms with Crippen molar-refractivity contribution in [3.63, 3.8) is 0 Å². The predicted molar refractivity (Wildman–Crippen MR) is 105 cm³/mol. The van der Waals surface area contributed by atoms with Crippen LogP contribution in [-0.4, -0.2) is 53.2 Å². The lowest BCUT2D eigenvalue weighted by Crippen LogP contribution is -2.38. The van der Waals surface area contributed by atoms with Gasteiger partial charge in [-0.3, -0.25) is 9.59 Å². The molecule has 0 saturated carbocycles. The molecule has 1 aliphatic rings. The Morgan fingerprint density at radius 1 is 1.39 bits per heavy atom. The van der Waals surface area contributed by atoms with Gasteiger partial charge in [0.05, 0.1) is 18.6 Å². The lowest BCUT2D eigenvalue weighted by atomic mass is 10.1. The first kappa shape index (κ1) is 20.5. The van der Waals surface area contributed by atoms with Crippen molar-refractivity contribution in [1.29, 1.82) is 0 Å². The first-order valence-electron chi connectivity index (χ1n) is 8.76. The zero-order chi connectivity index (χ0) is 20.1. The quantitative estimate of drug-likeness (QED) is 0.700. The molecule has 150 valence electrons. The molecule has 3 rings (SSSR count). The second kappa shape index (κ2) is 9.31. The number of halogens is 1. The highest BCUT2D eigenvalue weighted by molar-refractivity contribution is 7.15. The highest BCUT2D eigenvalue weighted by Crippen LogP contribution is 2.24. The Morgan fingerprint density at radius 2 is 2.14 bits per heavy atom. The molecule has 10 heteroatoms. The number of anilines is 1. The van der Waals surface area contributed by atoms with Gasteiger partial charge in [0.25, 0.3) is 0 Å². The van der Waals surface area contributed by atoms with E-state index in [4.69, 9.17) is 21.1 Å². The van der Waals surface area contributed by atoms with Crippen molar-refractivity contribution in [3.05, 3.63) is 34.3 Å². The highest BCUT2D eigenvalue weighted by atomic mass is 35.5. The van der Waals surface area contributed by atoms with Crippen LogP contribution < -0.4 is 10.1 Å². The number of nitrogens with one attached hydrogen (secondary N) is 1. The number of likely N-dealkylation sites (tertiary alicyclic amines) is 1. The van der Waals surface area contributed by atoms with E-state index in [2.05, 4.69) is 15.5 Å². The summed E-state index contributed by atoms with van der Waals surface area (Å²) in [6.07, 6.45) is 0.186. The average molecular weight is 425 g/mol. The van der Waals surface area contributed by atoms with Crippen molar-refractivity contribution in [1.82, 2.24) is 15.1 Å². The fraction of sp³-hybridized carbons (Fsp3) is 0.444. The molecule has 1 N–H and O–H groups in total. The summed E-state index contributed by atoms with van der Waals surface area (Å²) in [5, 5.41) is 12.4. The number of benzene rings is 1. The number of ether oxygens (including phenoxy) is 2. The molecule has 1 aromatic carbocycles. The minimum atomic E-state index is -0.413. The van der Waals surface area contributed by atoms with E-state index in [0.29, 0.717) is 34.1 Å². The molecule has 2 atom stereocenters. The van der Waals surface area contributed by atoms with Gasteiger partial charge >= 0.3 is 0 Å². The van der Waals surface area contributed by atoms with Crippen LogP contribution in [0.25, 0.3) is 0 Å². The van der Waals surface area contributed by atoms with Crippen molar-refractivity contribution in [2.24, 2.45) is 5.92 Å². The van der Waals surface area contributed by atoms with Crippen LogP contribution in [-0.2, 0) is 20.9 Å². The Labute approximate surface area is 171 Å². The summed E-state index contributed by atoms with van der Waals surface area (Å²) in [5.41, 5.74) is 0.